The number of nitrogens with zero attached hydrogens (tertiary/aromatic N) is 2. The van der Waals surface area contributed by atoms with E-state index in [1.165, 1.54) is 10.9 Å². The summed E-state index contributed by atoms with van der Waals surface area (Å²) in [5.74, 6) is 0.251. The van der Waals surface area contributed by atoms with Gasteiger partial charge in [0.05, 0.1) is 6.42 Å². The lowest BCUT2D eigenvalue weighted by atomic mass is 10.0. The highest BCUT2D eigenvalue weighted by Crippen LogP contribution is 2.22. The molecule has 1 saturated heterocycles. The predicted molar refractivity (Wildman–Crippen MR) is 85.3 cm³/mol. The van der Waals surface area contributed by atoms with E-state index in [1.54, 1.807) is 0 Å². The lowest BCUT2D eigenvalue weighted by Gasteiger charge is -2.31. The van der Waals surface area contributed by atoms with Gasteiger partial charge < -0.3 is 14.8 Å². The normalized spacial score (nSPS) is 16.6. The Morgan fingerprint density at radius 3 is 2.71 bits per heavy atom. The maximum atomic E-state index is 12.5. The summed E-state index contributed by atoms with van der Waals surface area (Å²) in [5.41, 5.74) is 2.32. The molecule has 0 spiro atoms. The average molecular weight is 285 g/mol. The van der Waals surface area contributed by atoms with Crippen LogP contribution in [0, 0.1) is 0 Å². The number of aryl methyl sites for hydroxylation is 1. The van der Waals surface area contributed by atoms with Gasteiger partial charge in [-0.05, 0) is 31.5 Å². The number of aromatic nitrogens is 1. The van der Waals surface area contributed by atoms with Gasteiger partial charge in [0.1, 0.15) is 0 Å². The topological polar surface area (TPSA) is 37.3 Å². The molecule has 1 aliphatic heterocycles. The number of carbonyl (C=O) groups is 1. The summed E-state index contributed by atoms with van der Waals surface area (Å²) in [6, 6.07) is 8.84. The molecule has 4 heteroatoms. The Morgan fingerprint density at radius 1 is 1.29 bits per heavy atom. The Bertz CT molecular complexity index is 639. The molecule has 0 radical (unpaired) electrons. The molecule has 0 aliphatic carbocycles. The van der Waals surface area contributed by atoms with Crippen molar-refractivity contribution in [1.82, 2.24) is 14.8 Å². The summed E-state index contributed by atoms with van der Waals surface area (Å²) in [5, 5.41) is 4.49. The lowest BCUT2D eigenvalue weighted by Crippen LogP contribution is -2.44. The number of rotatable bonds is 3. The third-order valence-electron chi connectivity index (χ3n) is 4.58. The number of amides is 1. The fraction of sp³-hybridized carbons (Fsp3) is 0.471. The zero-order chi connectivity index (χ0) is 14.8. The summed E-state index contributed by atoms with van der Waals surface area (Å²) in [4.78, 5) is 14.5. The molecule has 0 bridgehead atoms. The number of hydrogen-bond donors (Lipinski definition) is 1. The van der Waals surface area contributed by atoms with E-state index < -0.39 is 0 Å². The van der Waals surface area contributed by atoms with Crippen LogP contribution in [0.5, 0.6) is 0 Å². The molecule has 1 aromatic carbocycles. The Hall–Kier alpha value is -1.81. The second-order valence-corrected chi connectivity index (χ2v) is 5.90. The number of fused-ring (bicyclic) bond motifs is 1. The second-order valence-electron chi connectivity index (χ2n) is 5.90. The summed E-state index contributed by atoms with van der Waals surface area (Å²) in [6.45, 7) is 1.74. The van der Waals surface area contributed by atoms with Crippen molar-refractivity contribution < 1.29 is 4.79 Å². The third kappa shape index (κ3) is 2.81. The van der Waals surface area contributed by atoms with Crippen molar-refractivity contribution in [1.29, 1.82) is 0 Å². The van der Waals surface area contributed by atoms with Gasteiger partial charge in [-0.15, -0.1) is 0 Å². The van der Waals surface area contributed by atoms with E-state index in [9.17, 15) is 4.79 Å². The van der Waals surface area contributed by atoms with Gasteiger partial charge in [-0.3, -0.25) is 4.79 Å². The molecule has 1 N–H and O–H groups in total. The smallest absolute Gasteiger partial charge is 0.227 e. The molecule has 21 heavy (non-hydrogen) atoms. The maximum Gasteiger partial charge on any atom is 0.227 e. The molecule has 0 atom stereocenters. The van der Waals surface area contributed by atoms with E-state index in [0.29, 0.717) is 12.5 Å². The van der Waals surface area contributed by atoms with Gasteiger partial charge in [-0.25, -0.2) is 0 Å². The van der Waals surface area contributed by atoms with E-state index in [2.05, 4.69) is 28.2 Å². The standard InChI is InChI=1S/C17H23N3O/c1-18-14-7-9-20(10-8-14)17(21)11-13-12-19(2)16-6-4-3-5-15(13)16/h3-6,12,14,18H,7-11H2,1-2H3. The van der Waals surface area contributed by atoms with Gasteiger partial charge in [0.2, 0.25) is 5.91 Å². The van der Waals surface area contributed by atoms with E-state index in [4.69, 9.17) is 0 Å². The highest BCUT2D eigenvalue weighted by atomic mass is 16.2. The first kappa shape index (κ1) is 14.1. The van der Waals surface area contributed by atoms with E-state index >= 15 is 0 Å². The zero-order valence-corrected chi connectivity index (χ0v) is 12.8. The molecule has 2 aromatic rings. The lowest BCUT2D eigenvalue weighted by molar-refractivity contribution is -0.131. The van der Waals surface area contributed by atoms with E-state index in [-0.39, 0.29) is 5.91 Å². The number of nitrogens with one attached hydrogen (secondary N) is 1. The summed E-state index contributed by atoms with van der Waals surface area (Å²) >= 11 is 0. The van der Waals surface area contributed by atoms with Gasteiger partial charge in [0.25, 0.3) is 0 Å². The van der Waals surface area contributed by atoms with Crippen molar-refractivity contribution in [3.8, 4) is 0 Å². The number of para-hydroxylation sites is 1. The van der Waals surface area contributed by atoms with Gasteiger partial charge in [-0.1, -0.05) is 18.2 Å². The number of likely N-dealkylation sites (tertiary alicyclic amines) is 1. The molecule has 112 valence electrons. The fourth-order valence-electron chi connectivity index (χ4n) is 3.26. The minimum Gasteiger partial charge on any atom is -0.350 e. The summed E-state index contributed by atoms with van der Waals surface area (Å²) in [6.07, 6.45) is 4.70. The summed E-state index contributed by atoms with van der Waals surface area (Å²) < 4.78 is 2.10. The van der Waals surface area contributed by atoms with Crippen LogP contribution in [0.25, 0.3) is 10.9 Å². The van der Waals surface area contributed by atoms with Gasteiger partial charge in [0.15, 0.2) is 0 Å². The molecule has 3 rings (SSSR count). The molecule has 0 saturated carbocycles. The van der Waals surface area contributed by atoms with Crippen LogP contribution in [0.1, 0.15) is 18.4 Å². The molecule has 1 aromatic heterocycles. The maximum absolute atomic E-state index is 12.5. The van der Waals surface area contributed by atoms with Gasteiger partial charge >= 0.3 is 0 Å². The van der Waals surface area contributed by atoms with Crippen molar-refractivity contribution in [3.63, 3.8) is 0 Å². The zero-order valence-electron chi connectivity index (χ0n) is 12.8. The Morgan fingerprint density at radius 2 is 2.00 bits per heavy atom. The van der Waals surface area contributed by atoms with Crippen molar-refractivity contribution in [2.75, 3.05) is 20.1 Å². The molecule has 0 unspecified atom stereocenters. The predicted octanol–water partition coefficient (Wildman–Crippen LogP) is 1.93. The molecule has 1 fully saturated rings. The highest BCUT2D eigenvalue weighted by Gasteiger charge is 2.22. The molecule has 1 aliphatic rings. The number of hydrogen-bond acceptors (Lipinski definition) is 2. The van der Waals surface area contributed by atoms with Crippen molar-refractivity contribution in [2.24, 2.45) is 7.05 Å². The van der Waals surface area contributed by atoms with Crippen LogP contribution in [0.3, 0.4) is 0 Å². The Kier molecular flexibility index (Phi) is 3.97. The van der Waals surface area contributed by atoms with Crippen LogP contribution in [0.4, 0.5) is 0 Å². The first-order valence-corrected chi connectivity index (χ1v) is 7.67. The summed E-state index contributed by atoms with van der Waals surface area (Å²) in [7, 11) is 4.03. The quantitative estimate of drug-likeness (QED) is 0.935. The third-order valence-corrected chi connectivity index (χ3v) is 4.58. The van der Waals surface area contributed by atoms with Crippen molar-refractivity contribution in [3.05, 3.63) is 36.0 Å². The van der Waals surface area contributed by atoms with Crippen LogP contribution in [-0.4, -0.2) is 41.6 Å². The number of piperidine rings is 1. The largest absolute Gasteiger partial charge is 0.350 e. The number of benzene rings is 1. The fourth-order valence-corrected chi connectivity index (χ4v) is 3.26. The van der Waals surface area contributed by atoms with Gasteiger partial charge in [0, 0.05) is 43.3 Å². The SMILES string of the molecule is CNC1CCN(C(=O)Cc2cn(C)c3ccccc23)CC1. The number of carbonyl (C=O) groups excluding carboxylic acids is 1. The van der Waals surface area contributed by atoms with Crippen molar-refractivity contribution >= 4 is 16.8 Å². The van der Waals surface area contributed by atoms with E-state index in [0.717, 1.165) is 31.5 Å². The van der Waals surface area contributed by atoms with Crippen LogP contribution in [0.15, 0.2) is 30.5 Å². The molecule has 2 heterocycles. The minimum atomic E-state index is 0.251. The Labute approximate surface area is 125 Å². The van der Waals surface area contributed by atoms with Crippen LogP contribution >= 0.6 is 0 Å². The van der Waals surface area contributed by atoms with Crippen LogP contribution in [-0.2, 0) is 18.3 Å². The van der Waals surface area contributed by atoms with Crippen molar-refractivity contribution in [2.45, 2.75) is 25.3 Å². The van der Waals surface area contributed by atoms with Crippen LogP contribution in [0.2, 0.25) is 0 Å². The molecule has 4 nitrogen and oxygen atoms in total. The monoisotopic (exact) mass is 285 g/mol. The first-order valence-electron chi connectivity index (χ1n) is 7.67. The van der Waals surface area contributed by atoms with Crippen LogP contribution < -0.4 is 5.32 Å². The second kappa shape index (κ2) is 5.90. The molecular weight excluding hydrogens is 262 g/mol. The molecular formula is C17H23N3O. The minimum absolute atomic E-state index is 0.251. The Balaban J connectivity index is 1.72. The molecule has 1 amide bonds. The van der Waals surface area contributed by atoms with Gasteiger partial charge in [-0.2, -0.15) is 0 Å². The van der Waals surface area contributed by atoms with E-state index in [1.807, 2.05) is 31.1 Å². The highest BCUT2D eigenvalue weighted by molar-refractivity contribution is 5.89. The average Bonchev–Trinajstić information content (AvgIpc) is 2.84. The first-order chi connectivity index (χ1) is 10.2.